The Labute approximate surface area is 215 Å². The number of ether oxygens (including phenoxy) is 1. The average molecular weight is 509 g/mol. The lowest BCUT2D eigenvalue weighted by Gasteiger charge is -2.28. The highest BCUT2D eigenvalue weighted by atomic mass is 19.1. The van der Waals surface area contributed by atoms with Crippen LogP contribution in [0.3, 0.4) is 0 Å². The number of aliphatic hydroxyl groups excluding tert-OH is 1. The largest absolute Gasteiger partial charge is 0.444 e. The maximum atomic E-state index is 13.3. The van der Waals surface area contributed by atoms with Crippen molar-refractivity contribution in [2.75, 3.05) is 31.2 Å². The van der Waals surface area contributed by atoms with Crippen LogP contribution in [0.1, 0.15) is 57.2 Å². The molecule has 1 aromatic carbocycles. The molecule has 1 saturated heterocycles. The van der Waals surface area contributed by atoms with Crippen molar-refractivity contribution in [3.8, 4) is 17.2 Å². The molecule has 2 atom stereocenters. The standard InChI is InChI=1S/C27H33FN6O3/c1-17-19(14-29)23-31-22(20(35)13-28)32-34(23)24(21(17)18-9-7-6-8-10-18)33-12-11-27(5,16-33)15-30-25(36)37-26(2,3)4/h6-10,20,35H,11-13,15-16H2,1-5H3,(H,30,36)/t20?,27-/m0/s1. The topological polar surface area (TPSA) is 116 Å². The number of hydrogen-bond acceptors (Lipinski definition) is 7. The lowest BCUT2D eigenvalue weighted by atomic mass is 9.90. The second kappa shape index (κ2) is 9.98. The van der Waals surface area contributed by atoms with E-state index in [1.165, 1.54) is 0 Å². The summed E-state index contributed by atoms with van der Waals surface area (Å²) in [5.74, 6) is 0.641. The molecule has 1 aliphatic heterocycles. The van der Waals surface area contributed by atoms with Gasteiger partial charge in [0.05, 0.1) is 0 Å². The number of benzene rings is 1. The number of nitriles is 1. The van der Waals surface area contributed by atoms with Crippen LogP contribution in [-0.2, 0) is 4.74 Å². The molecule has 3 heterocycles. The van der Waals surface area contributed by atoms with Crippen LogP contribution in [0, 0.1) is 23.7 Å². The summed E-state index contributed by atoms with van der Waals surface area (Å²) in [5.41, 5.74) is 2.19. The van der Waals surface area contributed by atoms with E-state index in [0.29, 0.717) is 31.0 Å². The number of anilines is 1. The maximum Gasteiger partial charge on any atom is 0.407 e. The van der Waals surface area contributed by atoms with Crippen LogP contribution in [0.4, 0.5) is 15.0 Å². The Morgan fingerprint density at radius 1 is 1.35 bits per heavy atom. The van der Waals surface area contributed by atoms with Crippen molar-refractivity contribution >= 4 is 17.6 Å². The van der Waals surface area contributed by atoms with Gasteiger partial charge in [0.15, 0.2) is 11.5 Å². The van der Waals surface area contributed by atoms with Crippen LogP contribution >= 0.6 is 0 Å². The van der Waals surface area contributed by atoms with Crippen LogP contribution < -0.4 is 10.2 Å². The Bertz CT molecular complexity index is 1340. The molecule has 1 amide bonds. The van der Waals surface area contributed by atoms with E-state index in [1.54, 1.807) is 4.52 Å². The highest BCUT2D eigenvalue weighted by molar-refractivity contribution is 5.85. The first-order valence-electron chi connectivity index (χ1n) is 12.3. The summed E-state index contributed by atoms with van der Waals surface area (Å²) in [6.45, 7) is 10.1. The fourth-order valence-electron chi connectivity index (χ4n) is 4.74. The number of halogens is 1. The predicted octanol–water partition coefficient (Wildman–Crippen LogP) is 4.32. The number of amides is 1. The Balaban J connectivity index is 1.79. The fraction of sp³-hybridized carbons (Fsp3) is 0.481. The van der Waals surface area contributed by atoms with Gasteiger partial charge in [0.25, 0.3) is 0 Å². The van der Waals surface area contributed by atoms with Crippen molar-refractivity contribution < 1.29 is 19.0 Å². The van der Waals surface area contributed by atoms with Gasteiger partial charge in [0.2, 0.25) is 0 Å². The molecule has 9 nitrogen and oxygen atoms in total. The normalized spacial score (nSPS) is 18.6. The van der Waals surface area contributed by atoms with E-state index in [2.05, 4.69) is 33.3 Å². The molecule has 4 rings (SSSR count). The van der Waals surface area contributed by atoms with E-state index in [9.17, 15) is 19.6 Å². The number of aliphatic hydroxyl groups is 1. The number of nitrogens with one attached hydrogen (secondary N) is 1. The van der Waals surface area contributed by atoms with Crippen molar-refractivity contribution in [1.82, 2.24) is 19.9 Å². The Morgan fingerprint density at radius 3 is 2.68 bits per heavy atom. The maximum absolute atomic E-state index is 13.3. The number of carbonyl (C=O) groups excluding carboxylic acids is 1. The summed E-state index contributed by atoms with van der Waals surface area (Å²) in [6, 6.07) is 11.9. The number of alkyl carbamates (subject to hydrolysis) is 1. The second-order valence-electron chi connectivity index (χ2n) is 10.9. The molecule has 3 aromatic rings. The predicted molar refractivity (Wildman–Crippen MR) is 138 cm³/mol. The van der Waals surface area contributed by atoms with Crippen molar-refractivity contribution in [3.05, 3.63) is 47.3 Å². The highest BCUT2D eigenvalue weighted by Crippen LogP contribution is 2.41. The summed E-state index contributed by atoms with van der Waals surface area (Å²) in [7, 11) is 0. The average Bonchev–Trinajstić information content (AvgIpc) is 3.46. The number of aromatic nitrogens is 3. The second-order valence-corrected chi connectivity index (χ2v) is 10.9. The van der Waals surface area contributed by atoms with E-state index >= 15 is 0 Å². The summed E-state index contributed by atoms with van der Waals surface area (Å²) >= 11 is 0. The van der Waals surface area contributed by atoms with Gasteiger partial charge in [-0.3, -0.25) is 0 Å². The molecule has 10 heteroatoms. The van der Waals surface area contributed by atoms with E-state index in [-0.39, 0.29) is 16.9 Å². The van der Waals surface area contributed by atoms with Gasteiger partial charge >= 0.3 is 6.09 Å². The summed E-state index contributed by atoms with van der Waals surface area (Å²) in [4.78, 5) is 18.8. The lowest BCUT2D eigenvalue weighted by molar-refractivity contribution is 0.0507. The molecule has 1 unspecified atom stereocenters. The van der Waals surface area contributed by atoms with Crippen LogP contribution in [0.25, 0.3) is 16.8 Å². The molecule has 0 saturated carbocycles. The van der Waals surface area contributed by atoms with Gasteiger partial charge in [-0.1, -0.05) is 37.3 Å². The number of carbonyl (C=O) groups is 1. The first kappa shape index (κ1) is 26.4. The number of hydrogen-bond donors (Lipinski definition) is 2. The molecule has 2 aromatic heterocycles. The van der Waals surface area contributed by atoms with E-state index in [4.69, 9.17) is 4.74 Å². The van der Waals surface area contributed by atoms with E-state index in [1.807, 2.05) is 58.0 Å². The molecule has 0 radical (unpaired) electrons. The third-order valence-electron chi connectivity index (χ3n) is 6.56. The minimum absolute atomic E-state index is 0.0709. The Kier molecular flexibility index (Phi) is 7.11. The zero-order valence-corrected chi connectivity index (χ0v) is 21.9. The van der Waals surface area contributed by atoms with Gasteiger partial charge in [-0.2, -0.15) is 9.78 Å². The number of alkyl halides is 1. The summed E-state index contributed by atoms with van der Waals surface area (Å²) < 4.78 is 20.2. The van der Waals surface area contributed by atoms with Crippen LogP contribution in [-0.4, -0.2) is 57.7 Å². The molecule has 196 valence electrons. The number of fused-ring (bicyclic) bond motifs is 1. The molecule has 2 N–H and O–H groups in total. The van der Waals surface area contributed by atoms with E-state index in [0.717, 1.165) is 23.1 Å². The third kappa shape index (κ3) is 5.37. The number of rotatable bonds is 6. The first-order chi connectivity index (χ1) is 17.5. The molecule has 0 bridgehead atoms. The quantitative estimate of drug-likeness (QED) is 0.509. The molecule has 0 aliphatic carbocycles. The number of pyridine rings is 1. The van der Waals surface area contributed by atoms with Gasteiger partial charge in [0, 0.05) is 30.6 Å². The summed E-state index contributed by atoms with van der Waals surface area (Å²) in [6.07, 6.45) is -1.16. The Hall–Kier alpha value is -3.71. The smallest absolute Gasteiger partial charge is 0.407 e. The molecule has 0 spiro atoms. The molecular formula is C27H33FN6O3. The summed E-state index contributed by atoms with van der Waals surface area (Å²) in [5, 5.41) is 27.5. The van der Waals surface area contributed by atoms with Crippen LogP contribution in [0.5, 0.6) is 0 Å². The van der Waals surface area contributed by atoms with Crippen molar-refractivity contribution in [2.45, 2.75) is 52.7 Å². The van der Waals surface area contributed by atoms with Crippen LogP contribution in [0.2, 0.25) is 0 Å². The fourth-order valence-corrected chi connectivity index (χ4v) is 4.74. The van der Waals surface area contributed by atoms with Crippen molar-refractivity contribution in [1.29, 1.82) is 5.26 Å². The minimum atomic E-state index is -1.48. The van der Waals surface area contributed by atoms with Gasteiger partial charge < -0.3 is 20.1 Å². The van der Waals surface area contributed by atoms with Crippen LogP contribution in [0.15, 0.2) is 30.3 Å². The zero-order valence-electron chi connectivity index (χ0n) is 21.9. The lowest BCUT2D eigenvalue weighted by Crippen LogP contribution is -2.40. The Morgan fingerprint density at radius 2 is 2.05 bits per heavy atom. The molecule has 37 heavy (non-hydrogen) atoms. The van der Waals surface area contributed by atoms with Gasteiger partial charge in [-0.05, 0) is 45.2 Å². The number of nitrogens with zero attached hydrogens (tertiary/aromatic N) is 5. The minimum Gasteiger partial charge on any atom is -0.444 e. The van der Waals surface area contributed by atoms with E-state index < -0.39 is 24.5 Å². The third-order valence-corrected chi connectivity index (χ3v) is 6.56. The van der Waals surface area contributed by atoms with Crippen molar-refractivity contribution in [3.63, 3.8) is 0 Å². The van der Waals surface area contributed by atoms with Gasteiger partial charge in [-0.25, -0.2) is 14.2 Å². The monoisotopic (exact) mass is 508 g/mol. The van der Waals surface area contributed by atoms with Gasteiger partial charge in [-0.15, -0.1) is 5.10 Å². The zero-order chi connectivity index (χ0) is 27.0. The van der Waals surface area contributed by atoms with Gasteiger partial charge in [0.1, 0.15) is 35.8 Å². The highest BCUT2D eigenvalue weighted by Gasteiger charge is 2.38. The molecule has 1 aliphatic rings. The first-order valence-corrected chi connectivity index (χ1v) is 12.3. The molecular weight excluding hydrogens is 475 g/mol. The SMILES string of the molecule is Cc1c(-c2ccccc2)c(N2CC[C@@](C)(CNC(=O)OC(C)(C)C)C2)n2nc(C(O)CF)nc2c1C#N. The molecule has 1 fully saturated rings. The van der Waals surface area contributed by atoms with Crippen molar-refractivity contribution in [2.24, 2.45) is 5.41 Å².